The molecule has 0 saturated heterocycles. The number of carbonyl (C=O) groups is 1. The van der Waals surface area contributed by atoms with Gasteiger partial charge in [0.2, 0.25) is 0 Å². The average molecular weight is 339 g/mol. The van der Waals surface area contributed by atoms with Crippen LogP contribution in [0.2, 0.25) is 0 Å². The van der Waals surface area contributed by atoms with Crippen LogP contribution in [0.3, 0.4) is 0 Å². The third kappa shape index (κ3) is 2.50. The lowest BCUT2D eigenvalue weighted by Crippen LogP contribution is -2.35. The van der Waals surface area contributed by atoms with Crippen molar-refractivity contribution < 1.29 is 4.79 Å². The van der Waals surface area contributed by atoms with Crippen LogP contribution >= 0.6 is 11.3 Å². The number of pyridine rings is 1. The molecule has 0 aliphatic carbocycles. The Bertz CT molecular complexity index is 893. The molecule has 7 heteroatoms. The molecule has 4 heterocycles. The van der Waals surface area contributed by atoms with E-state index < -0.39 is 0 Å². The molecule has 0 spiro atoms. The first kappa shape index (κ1) is 15.0. The summed E-state index contributed by atoms with van der Waals surface area (Å²) in [6, 6.07) is 3.60. The van der Waals surface area contributed by atoms with Gasteiger partial charge in [-0.3, -0.25) is 9.78 Å². The lowest BCUT2D eigenvalue weighted by atomic mass is 10.0. The van der Waals surface area contributed by atoms with Crippen LogP contribution in [0.15, 0.2) is 30.9 Å². The standard InChI is InChI=1S/C17H17N5OS/c1-2-19-15-14-12-5-7-22(17(23)11-4-3-6-18-8-11)9-13(12)24-16(14)21-10-20-15/h3-4,6,8,10H,2,5,7,9H2,1H3,(H,19,20,21). The number of amides is 1. The summed E-state index contributed by atoms with van der Waals surface area (Å²) in [6.45, 7) is 4.20. The minimum atomic E-state index is 0.0317. The fraction of sp³-hybridized carbons (Fsp3) is 0.294. The molecule has 6 nitrogen and oxygen atoms in total. The molecule has 24 heavy (non-hydrogen) atoms. The van der Waals surface area contributed by atoms with Crippen LogP contribution in [-0.2, 0) is 13.0 Å². The van der Waals surface area contributed by atoms with Crippen LogP contribution in [-0.4, -0.2) is 38.8 Å². The van der Waals surface area contributed by atoms with Gasteiger partial charge in [-0.2, -0.15) is 0 Å². The molecule has 1 amide bonds. The van der Waals surface area contributed by atoms with Crippen LogP contribution in [0.1, 0.15) is 27.7 Å². The molecule has 0 unspecified atom stereocenters. The second-order valence-corrected chi connectivity index (χ2v) is 6.74. The highest BCUT2D eigenvalue weighted by atomic mass is 32.1. The molecule has 3 aromatic rings. The smallest absolute Gasteiger partial charge is 0.255 e. The van der Waals surface area contributed by atoms with Gasteiger partial charge in [0.15, 0.2) is 0 Å². The van der Waals surface area contributed by atoms with Crippen molar-refractivity contribution in [2.24, 2.45) is 0 Å². The molecule has 1 N–H and O–H groups in total. The predicted molar refractivity (Wildman–Crippen MR) is 94.3 cm³/mol. The highest BCUT2D eigenvalue weighted by molar-refractivity contribution is 7.19. The van der Waals surface area contributed by atoms with Crippen molar-refractivity contribution >= 4 is 33.3 Å². The summed E-state index contributed by atoms with van der Waals surface area (Å²) in [5.74, 6) is 0.927. The number of fused-ring (bicyclic) bond motifs is 3. The van der Waals surface area contributed by atoms with E-state index in [0.29, 0.717) is 18.7 Å². The quantitative estimate of drug-likeness (QED) is 0.794. The van der Waals surface area contributed by atoms with Gasteiger partial charge in [0.25, 0.3) is 5.91 Å². The van der Waals surface area contributed by atoms with E-state index in [1.165, 1.54) is 10.4 Å². The Morgan fingerprint density at radius 2 is 2.33 bits per heavy atom. The molecule has 0 fully saturated rings. The van der Waals surface area contributed by atoms with Gasteiger partial charge in [-0.25, -0.2) is 9.97 Å². The van der Waals surface area contributed by atoms with E-state index in [1.807, 2.05) is 11.0 Å². The van der Waals surface area contributed by atoms with E-state index in [1.54, 1.807) is 36.1 Å². The average Bonchev–Trinajstić information content (AvgIpc) is 3.00. The summed E-state index contributed by atoms with van der Waals surface area (Å²) in [5.41, 5.74) is 1.91. The van der Waals surface area contributed by atoms with E-state index in [4.69, 9.17) is 0 Å². The second kappa shape index (κ2) is 6.16. The van der Waals surface area contributed by atoms with Crippen LogP contribution in [0, 0.1) is 0 Å². The van der Waals surface area contributed by atoms with E-state index in [9.17, 15) is 4.79 Å². The Labute approximate surface area is 143 Å². The summed E-state index contributed by atoms with van der Waals surface area (Å²) < 4.78 is 0. The SMILES string of the molecule is CCNc1ncnc2sc3c(c12)CCN(C(=O)c1cccnc1)C3. The summed E-state index contributed by atoms with van der Waals surface area (Å²) >= 11 is 1.66. The number of anilines is 1. The highest BCUT2D eigenvalue weighted by Gasteiger charge is 2.26. The minimum Gasteiger partial charge on any atom is -0.370 e. The number of hydrogen-bond acceptors (Lipinski definition) is 6. The highest BCUT2D eigenvalue weighted by Crippen LogP contribution is 2.37. The number of aromatic nitrogens is 3. The molecular formula is C17H17N5OS. The van der Waals surface area contributed by atoms with Gasteiger partial charge in [-0.1, -0.05) is 0 Å². The fourth-order valence-corrected chi connectivity index (χ4v) is 4.28. The minimum absolute atomic E-state index is 0.0317. The molecule has 4 rings (SSSR count). The fourth-order valence-electron chi connectivity index (χ4n) is 3.07. The molecule has 0 radical (unpaired) electrons. The first-order valence-electron chi connectivity index (χ1n) is 7.96. The van der Waals surface area contributed by atoms with Crippen LogP contribution in [0.4, 0.5) is 5.82 Å². The summed E-state index contributed by atoms with van der Waals surface area (Å²) in [4.78, 5) is 29.5. The molecule has 0 aromatic carbocycles. The normalized spacial score (nSPS) is 13.8. The number of nitrogens with zero attached hydrogens (tertiary/aromatic N) is 4. The van der Waals surface area contributed by atoms with Gasteiger partial charge in [0.05, 0.1) is 17.5 Å². The Hall–Kier alpha value is -2.54. The van der Waals surface area contributed by atoms with E-state index in [2.05, 4.69) is 27.2 Å². The first-order chi connectivity index (χ1) is 11.8. The van der Waals surface area contributed by atoms with E-state index >= 15 is 0 Å². The zero-order valence-electron chi connectivity index (χ0n) is 13.3. The predicted octanol–water partition coefficient (Wildman–Crippen LogP) is 2.72. The van der Waals surface area contributed by atoms with Crippen LogP contribution in [0.5, 0.6) is 0 Å². The largest absolute Gasteiger partial charge is 0.370 e. The summed E-state index contributed by atoms with van der Waals surface area (Å²) in [5, 5.41) is 4.43. The third-order valence-electron chi connectivity index (χ3n) is 4.18. The second-order valence-electron chi connectivity index (χ2n) is 5.65. The van der Waals surface area contributed by atoms with Crippen LogP contribution in [0.25, 0.3) is 10.2 Å². The Morgan fingerprint density at radius 1 is 1.42 bits per heavy atom. The van der Waals surface area contributed by atoms with Gasteiger partial charge in [-0.15, -0.1) is 11.3 Å². The van der Waals surface area contributed by atoms with Crippen molar-refractivity contribution in [2.45, 2.75) is 19.9 Å². The number of carbonyl (C=O) groups excluding carboxylic acids is 1. The lowest BCUT2D eigenvalue weighted by molar-refractivity contribution is 0.0737. The van der Waals surface area contributed by atoms with Crippen molar-refractivity contribution in [3.63, 3.8) is 0 Å². The third-order valence-corrected chi connectivity index (χ3v) is 5.30. The van der Waals surface area contributed by atoms with Gasteiger partial charge >= 0.3 is 0 Å². The lowest BCUT2D eigenvalue weighted by Gasteiger charge is -2.27. The number of thiophene rings is 1. The van der Waals surface area contributed by atoms with E-state index in [-0.39, 0.29) is 5.91 Å². The molecule has 3 aromatic heterocycles. The molecular weight excluding hydrogens is 322 g/mol. The topological polar surface area (TPSA) is 71.0 Å². The molecule has 0 bridgehead atoms. The number of hydrogen-bond donors (Lipinski definition) is 1. The van der Waals surface area contributed by atoms with Gasteiger partial charge in [0.1, 0.15) is 17.0 Å². The Morgan fingerprint density at radius 3 is 3.12 bits per heavy atom. The van der Waals surface area contributed by atoms with Gasteiger partial charge in [-0.05, 0) is 31.0 Å². The monoisotopic (exact) mass is 339 g/mol. The summed E-state index contributed by atoms with van der Waals surface area (Å²) in [6.07, 6.45) is 5.73. The molecule has 0 atom stereocenters. The van der Waals surface area contributed by atoms with Gasteiger partial charge < -0.3 is 10.2 Å². The maximum atomic E-state index is 12.6. The number of rotatable bonds is 3. The molecule has 1 aliphatic heterocycles. The maximum absolute atomic E-state index is 12.6. The van der Waals surface area contributed by atoms with Gasteiger partial charge in [0, 0.05) is 30.4 Å². The summed E-state index contributed by atoms with van der Waals surface area (Å²) in [7, 11) is 0. The zero-order valence-corrected chi connectivity index (χ0v) is 14.1. The number of nitrogens with one attached hydrogen (secondary N) is 1. The molecule has 1 aliphatic rings. The van der Waals surface area contributed by atoms with Crippen molar-refractivity contribution in [1.29, 1.82) is 0 Å². The van der Waals surface area contributed by atoms with Crippen molar-refractivity contribution in [1.82, 2.24) is 19.9 Å². The molecule has 0 saturated carbocycles. The zero-order chi connectivity index (χ0) is 16.5. The Balaban J connectivity index is 1.68. The maximum Gasteiger partial charge on any atom is 0.255 e. The van der Waals surface area contributed by atoms with E-state index in [0.717, 1.165) is 29.0 Å². The van der Waals surface area contributed by atoms with Crippen molar-refractivity contribution in [3.05, 3.63) is 46.9 Å². The Kier molecular flexibility index (Phi) is 3.86. The van der Waals surface area contributed by atoms with Crippen molar-refractivity contribution in [2.75, 3.05) is 18.4 Å². The van der Waals surface area contributed by atoms with Crippen LogP contribution < -0.4 is 5.32 Å². The molecule has 122 valence electrons. The first-order valence-corrected chi connectivity index (χ1v) is 8.78. The van der Waals surface area contributed by atoms with Crippen molar-refractivity contribution in [3.8, 4) is 0 Å².